The van der Waals surface area contributed by atoms with E-state index in [9.17, 15) is 38.4 Å². The van der Waals surface area contributed by atoms with E-state index in [1.807, 2.05) is 30.3 Å². The molecule has 0 unspecified atom stereocenters. The van der Waals surface area contributed by atoms with Gasteiger partial charge in [-0.1, -0.05) is 94.1 Å². The zero-order valence-corrected chi connectivity index (χ0v) is 39.7. The molecule has 4 atom stereocenters. The number of carbonyl (C=O) groups is 8. The molecular formula is C54H66N8O11. The molecule has 0 saturated carbocycles. The van der Waals surface area contributed by atoms with Gasteiger partial charge in [0.25, 0.3) is 11.8 Å². The number of fused-ring (bicyclic) bond motifs is 4. The Morgan fingerprint density at radius 3 is 1.62 bits per heavy atom. The molecule has 6 aliphatic rings. The highest BCUT2D eigenvalue weighted by atomic mass is 16.6. The Morgan fingerprint density at radius 1 is 0.644 bits per heavy atom. The third-order valence-electron chi connectivity index (χ3n) is 13.8. The summed E-state index contributed by atoms with van der Waals surface area (Å²) in [6.07, 6.45) is 6.53. The van der Waals surface area contributed by atoms with Gasteiger partial charge in [0.1, 0.15) is 13.1 Å². The molecule has 4 fully saturated rings. The first-order valence-electron chi connectivity index (χ1n) is 24.0. The van der Waals surface area contributed by atoms with E-state index in [-0.39, 0.29) is 51.8 Å². The minimum absolute atomic E-state index is 0. The van der Waals surface area contributed by atoms with Crippen LogP contribution < -0.4 is 26.6 Å². The molecule has 2 aliphatic carbocycles. The maximum atomic E-state index is 13.5. The first kappa shape index (κ1) is 54.5. The highest BCUT2D eigenvalue weighted by Crippen LogP contribution is 2.47. The van der Waals surface area contributed by atoms with Crippen molar-refractivity contribution in [1.82, 2.24) is 30.7 Å². The van der Waals surface area contributed by atoms with Crippen molar-refractivity contribution < 1.29 is 52.9 Å². The zero-order chi connectivity index (χ0) is 50.3. The molecule has 9 amide bonds. The number of carboxylic acid groups (broad SMARTS) is 1. The number of anilines is 2. The van der Waals surface area contributed by atoms with Crippen LogP contribution in [0, 0.1) is 0 Å². The van der Waals surface area contributed by atoms with Gasteiger partial charge in [-0.3, -0.25) is 19.2 Å². The van der Waals surface area contributed by atoms with Crippen molar-refractivity contribution in [3.8, 4) is 0 Å². The maximum Gasteiger partial charge on any atom is 0.418 e. The van der Waals surface area contributed by atoms with Crippen LogP contribution in [0.1, 0.15) is 112 Å². The van der Waals surface area contributed by atoms with E-state index in [1.54, 1.807) is 41.3 Å². The average Bonchev–Trinajstić information content (AvgIpc) is 4.09. The summed E-state index contributed by atoms with van der Waals surface area (Å²) < 4.78 is 10.9. The Balaban J connectivity index is 0.000000197. The zero-order valence-electron chi connectivity index (χ0n) is 39.7. The molecule has 4 heterocycles. The Hall–Kier alpha value is -7.80. The second kappa shape index (κ2) is 23.6. The van der Waals surface area contributed by atoms with Crippen molar-refractivity contribution in [3.63, 3.8) is 0 Å². The summed E-state index contributed by atoms with van der Waals surface area (Å²) in [6.45, 7) is 0.698. The van der Waals surface area contributed by atoms with E-state index in [0.717, 1.165) is 40.9 Å². The number of aryl methyl sites for hydroxylation is 2. The number of aliphatic carboxylic acids is 1. The van der Waals surface area contributed by atoms with Crippen molar-refractivity contribution >= 4 is 59.3 Å². The fourth-order valence-electron chi connectivity index (χ4n) is 10.3. The largest absolute Gasteiger partial charge is 0.480 e. The Morgan fingerprint density at radius 2 is 1.14 bits per heavy atom. The number of piperidine rings is 2. The lowest BCUT2D eigenvalue weighted by Gasteiger charge is -2.36. The summed E-state index contributed by atoms with van der Waals surface area (Å²) in [4.78, 5) is 101. The number of imide groups is 2. The molecule has 4 saturated heterocycles. The summed E-state index contributed by atoms with van der Waals surface area (Å²) in [7, 11) is 3.02. The number of ether oxygens (including phenoxy) is 2. The molecule has 73 heavy (non-hydrogen) atoms. The molecule has 388 valence electrons. The second-order valence-electron chi connectivity index (χ2n) is 18.1. The molecule has 10 rings (SSSR count). The number of amides is 9. The van der Waals surface area contributed by atoms with Gasteiger partial charge in [-0.05, 0) is 98.0 Å². The van der Waals surface area contributed by atoms with Gasteiger partial charge in [-0.25, -0.2) is 29.0 Å². The van der Waals surface area contributed by atoms with Gasteiger partial charge in [-0.15, -0.1) is 0 Å². The predicted octanol–water partition coefficient (Wildman–Crippen LogP) is 7.73. The number of likely N-dealkylation sites (tertiary alicyclic amines) is 1. The van der Waals surface area contributed by atoms with E-state index in [4.69, 9.17) is 14.6 Å². The van der Waals surface area contributed by atoms with Crippen LogP contribution in [0.15, 0.2) is 97.1 Å². The summed E-state index contributed by atoms with van der Waals surface area (Å²) in [6, 6.07) is 30.5. The molecule has 4 aromatic rings. The number of nitrogens with zero attached hydrogens (tertiary/aromatic N) is 3. The van der Waals surface area contributed by atoms with Crippen LogP contribution in [0.4, 0.5) is 30.6 Å². The van der Waals surface area contributed by atoms with Crippen LogP contribution in [-0.2, 0) is 52.7 Å². The first-order valence-corrected chi connectivity index (χ1v) is 24.0. The smallest absolute Gasteiger partial charge is 0.418 e. The van der Waals surface area contributed by atoms with E-state index < -0.39 is 47.7 Å². The molecule has 0 bridgehead atoms. The lowest BCUT2D eigenvalue weighted by Crippen LogP contribution is -2.47. The van der Waals surface area contributed by atoms with Crippen molar-refractivity contribution in [2.75, 3.05) is 50.9 Å². The minimum Gasteiger partial charge on any atom is -0.480 e. The Bertz CT molecular complexity index is 2700. The number of hydrogen-bond donors (Lipinski definition) is 6. The molecule has 4 aromatic carbocycles. The Labute approximate surface area is 425 Å². The number of carbonyl (C=O) groups excluding carboxylic acids is 7. The third-order valence-corrected chi connectivity index (χ3v) is 13.8. The number of hydrogen-bond acceptors (Lipinski definition) is 11. The van der Waals surface area contributed by atoms with Crippen LogP contribution in [0.2, 0.25) is 0 Å². The van der Waals surface area contributed by atoms with Gasteiger partial charge in [0.15, 0.2) is 0 Å². The number of benzene rings is 4. The van der Waals surface area contributed by atoms with Gasteiger partial charge in [0, 0.05) is 62.0 Å². The highest BCUT2D eigenvalue weighted by molar-refractivity contribution is 6.07. The van der Waals surface area contributed by atoms with Crippen molar-refractivity contribution in [1.29, 1.82) is 0 Å². The van der Waals surface area contributed by atoms with E-state index >= 15 is 0 Å². The molecule has 6 N–H and O–H groups in total. The fourth-order valence-corrected chi connectivity index (χ4v) is 10.3. The minimum atomic E-state index is -1.46. The standard InChI is InChI=1S/C26H28N4O5.C15H15N3O6.C11H15N.2CH4/c1-27-24(33)28-19-10-11-20-18(15-19)12-13-26(20)23(32)30(25(34)35-26)16-22(31)29-14-6-5-9-21(29)17-7-3-2-4-8-17;1-16-13(22)17-9-2-3-10-8(6-9)4-5-15(10)12(21)18(7-11(19)20)14(23)24-15;1-2-6-10(7-3-1)11-8-4-5-9-12-11;;/h2-4,7-8,10-11,15,21H,5-6,9,12-14,16H2,1H3,(H2,27,28,33);2-3,6H,4-5,7H2,1H3,(H,19,20)(H2,16,17,22);1-3,6-7,11-12H,4-5,8-9H2;2*1H4/t21-,26-;15-;11-;;/m000../s1. The lowest BCUT2D eigenvalue weighted by atomic mass is 9.94. The van der Waals surface area contributed by atoms with Crippen LogP contribution in [0.25, 0.3) is 0 Å². The summed E-state index contributed by atoms with van der Waals surface area (Å²) in [5.41, 5.74) is 3.47. The van der Waals surface area contributed by atoms with Crippen LogP contribution in [-0.4, -0.2) is 108 Å². The van der Waals surface area contributed by atoms with Gasteiger partial charge in [-0.2, -0.15) is 0 Å². The maximum absolute atomic E-state index is 13.5. The molecule has 19 heteroatoms. The molecule has 0 radical (unpaired) electrons. The Kier molecular flexibility index (Phi) is 17.6. The van der Waals surface area contributed by atoms with Crippen molar-refractivity contribution in [2.24, 2.45) is 0 Å². The van der Waals surface area contributed by atoms with Gasteiger partial charge >= 0.3 is 30.2 Å². The fraction of sp³-hybridized carbons (Fsp3) is 0.407. The molecule has 0 aromatic heterocycles. The van der Waals surface area contributed by atoms with E-state index in [2.05, 4.69) is 56.9 Å². The first-order chi connectivity index (χ1) is 34.3. The number of carboxylic acids is 1. The molecular weight excluding hydrogens is 937 g/mol. The summed E-state index contributed by atoms with van der Waals surface area (Å²) in [5.74, 6) is -2.72. The number of rotatable bonds is 8. The lowest BCUT2D eigenvalue weighted by molar-refractivity contribution is -0.144. The average molecular weight is 1000 g/mol. The van der Waals surface area contributed by atoms with E-state index in [1.165, 1.54) is 45.5 Å². The third kappa shape index (κ3) is 11.5. The summed E-state index contributed by atoms with van der Waals surface area (Å²) >= 11 is 0. The normalized spacial score (nSPS) is 22.2. The van der Waals surface area contributed by atoms with E-state index in [0.29, 0.717) is 59.3 Å². The van der Waals surface area contributed by atoms with Crippen molar-refractivity contribution in [2.45, 2.75) is 102 Å². The topological polar surface area (TPSA) is 245 Å². The summed E-state index contributed by atoms with van der Waals surface area (Å²) in [5, 5.41) is 22.6. The van der Waals surface area contributed by atoms with Crippen LogP contribution >= 0.6 is 0 Å². The molecule has 4 aliphatic heterocycles. The highest BCUT2D eigenvalue weighted by Gasteiger charge is 2.59. The SMILES string of the molecule is C.C.CNC(=O)Nc1ccc2c(c1)CC[C@]21OC(=O)N(CC(=O)N2CCCC[C@H]2c2ccccc2)C1=O.CNC(=O)Nc1ccc2c(c1)CC[C@]21OC(=O)N(CC(=O)O)C1=O.c1ccc([C@@H]2CCCCN2)cc1. The number of nitrogens with one attached hydrogen (secondary N) is 5. The predicted molar refractivity (Wildman–Crippen MR) is 272 cm³/mol. The monoisotopic (exact) mass is 1000 g/mol. The van der Waals surface area contributed by atoms with Crippen LogP contribution in [0.5, 0.6) is 0 Å². The van der Waals surface area contributed by atoms with Crippen LogP contribution in [0.3, 0.4) is 0 Å². The van der Waals surface area contributed by atoms with Gasteiger partial charge in [0.2, 0.25) is 17.1 Å². The number of urea groups is 2. The molecule has 2 spiro atoms. The molecule has 19 nitrogen and oxygen atoms in total. The second-order valence-corrected chi connectivity index (χ2v) is 18.1. The van der Waals surface area contributed by atoms with Gasteiger partial charge in [0.05, 0.1) is 6.04 Å². The van der Waals surface area contributed by atoms with Crippen molar-refractivity contribution in [3.05, 3.63) is 130 Å². The van der Waals surface area contributed by atoms with Gasteiger partial charge < -0.3 is 46.1 Å². The quantitative estimate of drug-likeness (QED) is 0.0994.